The largest absolute Gasteiger partial charge is 0.457 e. The third kappa shape index (κ3) is 5.02. The van der Waals surface area contributed by atoms with Crippen molar-refractivity contribution in [2.75, 3.05) is 0 Å². The van der Waals surface area contributed by atoms with Crippen LogP contribution in [0.4, 0.5) is 22.0 Å². The van der Waals surface area contributed by atoms with Crippen molar-refractivity contribution in [2.45, 2.75) is 12.7 Å². The molecule has 10 heteroatoms. The normalized spacial score (nSPS) is 12.0. The molecule has 2 aromatic carbocycles. The van der Waals surface area contributed by atoms with E-state index in [1.807, 2.05) is 4.72 Å². The van der Waals surface area contributed by atoms with E-state index in [2.05, 4.69) is 6.58 Å². The molecule has 26 heavy (non-hydrogen) atoms. The van der Waals surface area contributed by atoms with Crippen LogP contribution in [0.3, 0.4) is 0 Å². The van der Waals surface area contributed by atoms with Gasteiger partial charge in [-0.1, -0.05) is 12.6 Å². The van der Waals surface area contributed by atoms with E-state index >= 15 is 0 Å². The van der Waals surface area contributed by atoms with Gasteiger partial charge in [0.15, 0.2) is 11.6 Å². The molecule has 4 nitrogen and oxygen atoms in total. The molecule has 0 aliphatic rings. The van der Waals surface area contributed by atoms with Crippen molar-refractivity contribution < 1.29 is 35.1 Å². The minimum Gasteiger partial charge on any atom is -0.457 e. The zero-order chi connectivity index (χ0) is 19.5. The Bertz CT molecular complexity index is 926. The first-order chi connectivity index (χ1) is 12.0. The second-order valence-corrected chi connectivity index (χ2v) is 6.74. The van der Waals surface area contributed by atoms with Crippen LogP contribution in [0.1, 0.15) is 11.1 Å². The Morgan fingerprint density at radius 1 is 1.04 bits per heavy atom. The van der Waals surface area contributed by atoms with Gasteiger partial charge in [-0.15, -0.1) is 0 Å². The Kier molecular flexibility index (Phi) is 5.67. The Hall–Kier alpha value is -2.46. The predicted molar refractivity (Wildman–Crippen MR) is 83.8 cm³/mol. The van der Waals surface area contributed by atoms with Crippen LogP contribution in [0, 0.1) is 11.6 Å². The Labute approximate surface area is 146 Å². The van der Waals surface area contributed by atoms with Crippen LogP contribution in [0.15, 0.2) is 48.4 Å². The molecule has 0 fully saturated rings. The van der Waals surface area contributed by atoms with Gasteiger partial charge in [-0.05, 0) is 29.8 Å². The number of sulfonamides is 1. The van der Waals surface area contributed by atoms with Crippen molar-refractivity contribution in [3.05, 3.63) is 71.1 Å². The summed E-state index contributed by atoms with van der Waals surface area (Å²) in [6.45, 7) is 2.42. The highest BCUT2D eigenvalue weighted by Crippen LogP contribution is 2.35. The molecule has 2 aromatic rings. The number of ether oxygens (including phenoxy) is 1. The molecule has 0 radical (unpaired) electrons. The molecule has 0 unspecified atom stereocenters. The van der Waals surface area contributed by atoms with Crippen LogP contribution in [0.5, 0.6) is 11.5 Å². The van der Waals surface area contributed by atoms with Gasteiger partial charge in [-0.2, -0.15) is 13.2 Å². The quantitative estimate of drug-likeness (QED) is 0.743. The van der Waals surface area contributed by atoms with Gasteiger partial charge in [0.05, 0.1) is 5.56 Å². The van der Waals surface area contributed by atoms with E-state index in [1.54, 1.807) is 0 Å². The fourth-order valence-corrected chi connectivity index (χ4v) is 2.43. The Balaban J connectivity index is 2.32. The summed E-state index contributed by atoms with van der Waals surface area (Å²) in [4.78, 5) is 0. The lowest BCUT2D eigenvalue weighted by Gasteiger charge is -2.15. The number of hydrogen-bond donors (Lipinski definition) is 1. The van der Waals surface area contributed by atoms with Crippen molar-refractivity contribution in [3.8, 4) is 11.5 Å². The number of hydrogen-bond acceptors (Lipinski definition) is 3. The summed E-state index contributed by atoms with van der Waals surface area (Å²) in [5, 5.41) is 0.570. The minimum atomic E-state index is -4.79. The molecule has 0 aromatic heterocycles. The van der Waals surface area contributed by atoms with Crippen molar-refractivity contribution in [1.29, 1.82) is 0 Å². The lowest BCUT2D eigenvalue weighted by atomic mass is 10.1. The van der Waals surface area contributed by atoms with Crippen molar-refractivity contribution in [2.24, 2.45) is 0 Å². The summed E-state index contributed by atoms with van der Waals surface area (Å²) < 4.78 is 95.4. The molecule has 0 aliphatic carbocycles. The van der Waals surface area contributed by atoms with Gasteiger partial charge in [0.2, 0.25) is 10.0 Å². The minimum absolute atomic E-state index is 0.197. The summed E-state index contributed by atoms with van der Waals surface area (Å²) in [6.07, 6.45) is -4.79. The topological polar surface area (TPSA) is 55.4 Å². The third-order valence-corrected chi connectivity index (χ3v) is 4.18. The molecular weight excluding hydrogens is 381 g/mol. The van der Waals surface area contributed by atoms with Gasteiger partial charge in [0, 0.05) is 18.0 Å². The van der Waals surface area contributed by atoms with Crippen molar-refractivity contribution in [3.63, 3.8) is 0 Å². The maximum Gasteiger partial charge on any atom is 0.416 e. The lowest BCUT2D eigenvalue weighted by molar-refractivity contribution is -0.138. The number of nitrogens with one attached hydrogen (secondary N) is 1. The number of halogens is 5. The van der Waals surface area contributed by atoms with Gasteiger partial charge in [-0.25, -0.2) is 21.9 Å². The van der Waals surface area contributed by atoms with E-state index in [0.29, 0.717) is 17.5 Å². The van der Waals surface area contributed by atoms with Crippen LogP contribution in [0.2, 0.25) is 0 Å². The highest BCUT2D eigenvalue weighted by atomic mass is 32.2. The summed E-state index contributed by atoms with van der Waals surface area (Å²) in [5.41, 5.74) is -1.48. The molecule has 0 saturated carbocycles. The van der Waals surface area contributed by atoms with E-state index in [0.717, 1.165) is 24.3 Å². The van der Waals surface area contributed by atoms with Gasteiger partial charge < -0.3 is 4.74 Å². The molecule has 0 heterocycles. The molecule has 0 aliphatic heterocycles. The Morgan fingerprint density at radius 3 is 2.23 bits per heavy atom. The third-order valence-electron chi connectivity index (χ3n) is 3.20. The average molecular weight is 393 g/mol. The van der Waals surface area contributed by atoms with Crippen LogP contribution < -0.4 is 9.46 Å². The van der Waals surface area contributed by atoms with Crippen LogP contribution in [0.25, 0.3) is 0 Å². The molecule has 0 atom stereocenters. The first-order valence-corrected chi connectivity index (χ1v) is 8.51. The first-order valence-electron chi connectivity index (χ1n) is 6.97. The second-order valence-electron chi connectivity index (χ2n) is 5.03. The molecule has 2 rings (SSSR count). The fourth-order valence-electron chi connectivity index (χ4n) is 1.95. The van der Waals surface area contributed by atoms with Gasteiger partial charge in [0.1, 0.15) is 11.5 Å². The SMILES string of the molecule is C=CS(=O)(=O)NCc1ccc(Oc2ccc(F)c(F)c2)cc1C(F)(F)F. The summed E-state index contributed by atoms with van der Waals surface area (Å²) in [5.74, 6) is -2.82. The molecule has 1 N–H and O–H groups in total. The predicted octanol–water partition coefficient (Wildman–Crippen LogP) is 4.34. The maximum absolute atomic E-state index is 13.2. The first kappa shape index (κ1) is 19.9. The van der Waals surface area contributed by atoms with Crippen LogP contribution in [-0.4, -0.2) is 8.42 Å². The molecule has 0 amide bonds. The van der Waals surface area contributed by atoms with E-state index in [-0.39, 0.29) is 17.1 Å². The van der Waals surface area contributed by atoms with Crippen LogP contribution >= 0.6 is 0 Å². The molecular formula is C16H12F5NO3S. The Morgan fingerprint density at radius 2 is 1.65 bits per heavy atom. The standard InChI is InChI=1S/C16H12F5NO3S/c1-2-26(23,24)22-9-10-3-4-11(7-13(10)16(19,20)21)25-12-5-6-14(17)15(18)8-12/h2-8,22H,1,9H2. The molecule has 0 spiro atoms. The van der Waals surface area contributed by atoms with E-state index in [4.69, 9.17) is 4.74 Å². The highest BCUT2D eigenvalue weighted by Gasteiger charge is 2.34. The molecule has 0 saturated heterocycles. The van der Waals surface area contributed by atoms with Gasteiger partial charge >= 0.3 is 6.18 Å². The van der Waals surface area contributed by atoms with Gasteiger partial charge in [0.25, 0.3) is 0 Å². The number of rotatable bonds is 6. The monoisotopic (exact) mass is 393 g/mol. The zero-order valence-electron chi connectivity index (χ0n) is 13.0. The van der Waals surface area contributed by atoms with Crippen LogP contribution in [-0.2, 0) is 22.7 Å². The highest BCUT2D eigenvalue weighted by molar-refractivity contribution is 7.92. The smallest absolute Gasteiger partial charge is 0.416 e. The van der Waals surface area contributed by atoms with E-state index in [9.17, 15) is 30.4 Å². The van der Waals surface area contributed by atoms with E-state index in [1.165, 1.54) is 0 Å². The zero-order valence-corrected chi connectivity index (χ0v) is 13.8. The van der Waals surface area contributed by atoms with E-state index < -0.39 is 39.9 Å². The number of benzene rings is 2. The molecule has 0 bridgehead atoms. The second kappa shape index (κ2) is 7.42. The van der Waals surface area contributed by atoms with Crippen molar-refractivity contribution in [1.82, 2.24) is 4.72 Å². The summed E-state index contributed by atoms with van der Waals surface area (Å²) in [7, 11) is -3.91. The average Bonchev–Trinajstić information content (AvgIpc) is 2.56. The molecule has 140 valence electrons. The summed E-state index contributed by atoms with van der Waals surface area (Å²) >= 11 is 0. The van der Waals surface area contributed by atoms with Crippen molar-refractivity contribution >= 4 is 10.0 Å². The lowest BCUT2D eigenvalue weighted by Crippen LogP contribution is -2.22. The number of alkyl halides is 3. The summed E-state index contributed by atoms with van der Waals surface area (Å²) in [6, 6.07) is 5.32. The van der Waals surface area contributed by atoms with Gasteiger partial charge in [-0.3, -0.25) is 0 Å². The maximum atomic E-state index is 13.2. The fraction of sp³-hybridized carbons (Fsp3) is 0.125.